The molecule has 20 heavy (non-hydrogen) atoms. The van der Waals surface area contributed by atoms with Crippen molar-refractivity contribution in [2.24, 2.45) is 0 Å². The first-order valence-corrected chi connectivity index (χ1v) is 11.2. The van der Waals surface area contributed by atoms with Gasteiger partial charge in [0.1, 0.15) is 5.75 Å². The quantitative estimate of drug-likeness (QED) is 0.361. The third-order valence-corrected chi connectivity index (χ3v) is 7.52. The molecule has 0 aliphatic carbocycles. The predicted octanol–water partition coefficient (Wildman–Crippen LogP) is 6.33. The normalized spacial score (nSPS) is 11.6. The molecule has 0 spiro atoms. The van der Waals surface area contributed by atoms with Gasteiger partial charge in [0.15, 0.2) is 0 Å². The number of benzene rings is 1. The van der Waals surface area contributed by atoms with Gasteiger partial charge in [0, 0.05) is 0 Å². The number of hydrogen-bond donors (Lipinski definition) is 0. The van der Waals surface area contributed by atoms with E-state index in [1.54, 1.807) is 0 Å². The lowest BCUT2D eigenvalue weighted by atomic mass is 10.2. The highest BCUT2D eigenvalue weighted by Gasteiger charge is 2.29. The van der Waals surface area contributed by atoms with Crippen molar-refractivity contribution in [2.45, 2.75) is 77.9 Å². The van der Waals surface area contributed by atoms with Crippen molar-refractivity contribution >= 4 is 8.32 Å². The first-order valence-electron chi connectivity index (χ1n) is 8.35. The number of unbranched alkanes of at least 4 members (excludes halogenated alkanes) is 4. The van der Waals surface area contributed by atoms with E-state index in [9.17, 15) is 0 Å². The lowest BCUT2D eigenvalue weighted by molar-refractivity contribution is 0.522. The number of aryl methyl sites for hydroxylation is 1. The molecule has 114 valence electrons. The molecule has 0 radical (unpaired) electrons. The second-order valence-electron chi connectivity index (χ2n) is 6.28. The smallest absolute Gasteiger partial charge is 0.248 e. The topological polar surface area (TPSA) is 9.23 Å². The molecule has 0 heterocycles. The third kappa shape index (κ3) is 6.60. The van der Waals surface area contributed by atoms with E-state index in [-0.39, 0.29) is 0 Å². The first-order chi connectivity index (χ1) is 9.59. The molecule has 1 aromatic carbocycles. The second-order valence-corrected chi connectivity index (χ2v) is 10.4. The van der Waals surface area contributed by atoms with E-state index in [2.05, 4.69) is 51.6 Å². The van der Waals surface area contributed by atoms with Crippen molar-refractivity contribution < 1.29 is 4.43 Å². The zero-order valence-corrected chi connectivity index (χ0v) is 14.9. The van der Waals surface area contributed by atoms with E-state index < -0.39 is 8.32 Å². The highest BCUT2D eigenvalue weighted by molar-refractivity contribution is 6.73. The van der Waals surface area contributed by atoms with Gasteiger partial charge in [-0.15, -0.1) is 0 Å². The molecule has 0 aliphatic rings. The second kappa shape index (κ2) is 9.22. The molecule has 2 heteroatoms. The van der Waals surface area contributed by atoms with Crippen LogP contribution < -0.4 is 4.43 Å². The van der Waals surface area contributed by atoms with E-state index in [4.69, 9.17) is 4.43 Å². The molecule has 1 nitrogen and oxygen atoms in total. The van der Waals surface area contributed by atoms with E-state index in [0.717, 1.165) is 5.75 Å². The van der Waals surface area contributed by atoms with Gasteiger partial charge < -0.3 is 4.43 Å². The maximum absolute atomic E-state index is 6.51. The van der Waals surface area contributed by atoms with Gasteiger partial charge in [0.2, 0.25) is 8.32 Å². The largest absolute Gasteiger partial charge is 0.544 e. The maximum atomic E-state index is 6.51. The Bertz CT molecular complexity index is 365. The van der Waals surface area contributed by atoms with Crippen LogP contribution in [0.15, 0.2) is 24.3 Å². The minimum Gasteiger partial charge on any atom is -0.544 e. The van der Waals surface area contributed by atoms with Crippen molar-refractivity contribution in [3.05, 3.63) is 29.8 Å². The molecule has 0 aliphatic heterocycles. The summed E-state index contributed by atoms with van der Waals surface area (Å²) in [6, 6.07) is 11.2. The van der Waals surface area contributed by atoms with Gasteiger partial charge in [-0.25, -0.2) is 0 Å². The summed E-state index contributed by atoms with van der Waals surface area (Å²) in [5.74, 6) is 1.09. The molecule has 0 aromatic heterocycles. The molecule has 0 atom stereocenters. The Morgan fingerprint density at radius 2 is 1.55 bits per heavy atom. The number of rotatable bonds is 10. The minimum atomic E-state index is -1.59. The highest BCUT2D eigenvalue weighted by atomic mass is 28.4. The summed E-state index contributed by atoms with van der Waals surface area (Å²) >= 11 is 0. The number of hydrogen-bond acceptors (Lipinski definition) is 1. The van der Waals surface area contributed by atoms with Gasteiger partial charge in [0.25, 0.3) is 0 Å². The summed E-state index contributed by atoms with van der Waals surface area (Å²) in [6.07, 6.45) is 7.93. The molecule has 0 unspecified atom stereocenters. The summed E-state index contributed by atoms with van der Waals surface area (Å²) in [6.45, 7) is 9.12. The van der Waals surface area contributed by atoms with Crippen LogP contribution in [0, 0.1) is 6.92 Å². The van der Waals surface area contributed by atoms with Crippen molar-refractivity contribution in [3.8, 4) is 5.75 Å². The van der Waals surface area contributed by atoms with Crippen LogP contribution in [0.2, 0.25) is 18.6 Å². The third-order valence-electron chi connectivity index (χ3n) is 3.97. The van der Waals surface area contributed by atoms with Crippen molar-refractivity contribution in [3.63, 3.8) is 0 Å². The fourth-order valence-electron chi connectivity index (χ4n) is 2.69. The van der Waals surface area contributed by atoms with Gasteiger partial charge in [0.05, 0.1) is 0 Å². The van der Waals surface area contributed by atoms with E-state index in [1.807, 2.05) is 0 Å². The lowest BCUT2D eigenvalue weighted by Gasteiger charge is -2.29. The Hall–Kier alpha value is -0.763. The van der Waals surface area contributed by atoms with Gasteiger partial charge >= 0.3 is 0 Å². The Balaban J connectivity index is 2.64. The van der Waals surface area contributed by atoms with E-state index in [0.29, 0.717) is 0 Å². The van der Waals surface area contributed by atoms with Crippen LogP contribution in [-0.2, 0) is 0 Å². The Morgan fingerprint density at radius 3 is 2.05 bits per heavy atom. The fraction of sp³-hybridized carbons (Fsp3) is 0.667. The molecule has 0 saturated heterocycles. The summed E-state index contributed by atoms with van der Waals surface area (Å²) < 4.78 is 6.51. The van der Waals surface area contributed by atoms with Crippen molar-refractivity contribution in [1.29, 1.82) is 0 Å². The summed E-state index contributed by atoms with van der Waals surface area (Å²) in [4.78, 5) is 0. The summed E-state index contributed by atoms with van der Waals surface area (Å²) in [5.41, 5.74) is 1.29. The lowest BCUT2D eigenvalue weighted by Crippen LogP contribution is -2.37. The van der Waals surface area contributed by atoms with Gasteiger partial charge in [-0.1, -0.05) is 64.5 Å². The summed E-state index contributed by atoms with van der Waals surface area (Å²) in [7, 11) is -1.59. The molecule has 0 fully saturated rings. The minimum absolute atomic E-state index is 1.09. The molecule has 1 rings (SSSR count). The summed E-state index contributed by atoms with van der Waals surface area (Å²) in [5, 5.41) is 0. The van der Waals surface area contributed by atoms with Crippen molar-refractivity contribution in [1.82, 2.24) is 0 Å². The zero-order chi connectivity index (χ0) is 14.8. The zero-order valence-electron chi connectivity index (χ0n) is 13.9. The predicted molar refractivity (Wildman–Crippen MR) is 92.1 cm³/mol. The Morgan fingerprint density at radius 1 is 0.950 bits per heavy atom. The van der Waals surface area contributed by atoms with Crippen LogP contribution in [0.1, 0.15) is 57.9 Å². The van der Waals surface area contributed by atoms with Crippen LogP contribution in [0.5, 0.6) is 5.75 Å². The Kier molecular flexibility index (Phi) is 7.97. The van der Waals surface area contributed by atoms with E-state index >= 15 is 0 Å². The monoisotopic (exact) mass is 292 g/mol. The molecule has 1 aromatic rings. The van der Waals surface area contributed by atoms with Crippen LogP contribution in [0.3, 0.4) is 0 Å². The average Bonchev–Trinajstić information content (AvgIpc) is 2.39. The van der Waals surface area contributed by atoms with Gasteiger partial charge in [-0.3, -0.25) is 0 Å². The van der Waals surface area contributed by atoms with Crippen LogP contribution >= 0.6 is 0 Å². The molecular weight excluding hydrogens is 260 g/mol. The van der Waals surface area contributed by atoms with Crippen LogP contribution in [-0.4, -0.2) is 8.32 Å². The molecule has 0 saturated carbocycles. The highest BCUT2D eigenvalue weighted by Crippen LogP contribution is 2.27. The SMILES string of the molecule is CCCCC[Si](C)(CCCCC)Oc1cccc(C)c1. The van der Waals surface area contributed by atoms with E-state index in [1.165, 1.54) is 56.2 Å². The standard InChI is InChI=1S/C18H32OSi/c1-5-7-9-14-20(4,15-10-8-6-2)19-18-13-11-12-17(3)16-18/h11-13,16H,5-10,14-15H2,1-4H3. The molecular formula is C18H32OSi. The van der Waals surface area contributed by atoms with Gasteiger partial charge in [-0.2, -0.15) is 0 Å². The maximum Gasteiger partial charge on any atom is 0.248 e. The van der Waals surface area contributed by atoms with Gasteiger partial charge in [-0.05, 0) is 43.3 Å². The Labute approximate surface area is 126 Å². The molecule has 0 N–H and O–H groups in total. The fourth-order valence-corrected chi connectivity index (χ4v) is 5.83. The van der Waals surface area contributed by atoms with Crippen molar-refractivity contribution in [2.75, 3.05) is 0 Å². The molecule has 0 bridgehead atoms. The molecule has 0 amide bonds. The van der Waals surface area contributed by atoms with Crippen LogP contribution in [0.25, 0.3) is 0 Å². The van der Waals surface area contributed by atoms with Crippen LogP contribution in [0.4, 0.5) is 0 Å². The average molecular weight is 293 g/mol. The first kappa shape index (κ1) is 17.3.